The number of carboxylic acids is 1. The van der Waals surface area contributed by atoms with Crippen molar-refractivity contribution >= 4 is 11.9 Å². The summed E-state index contributed by atoms with van der Waals surface area (Å²) in [4.78, 5) is 23.1. The van der Waals surface area contributed by atoms with E-state index in [1.54, 1.807) is 21.0 Å². The summed E-state index contributed by atoms with van der Waals surface area (Å²) in [5, 5.41) is 11.7. The number of amides is 1. The van der Waals surface area contributed by atoms with E-state index in [-0.39, 0.29) is 24.2 Å². The van der Waals surface area contributed by atoms with Gasteiger partial charge in [-0.1, -0.05) is 39.0 Å². The zero-order valence-corrected chi connectivity index (χ0v) is 13.6. The number of carbonyl (C=O) groups is 2. The van der Waals surface area contributed by atoms with Crippen molar-refractivity contribution in [1.82, 2.24) is 5.32 Å². The van der Waals surface area contributed by atoms with Crippen LogP contribution in [0.3, 0.4) is 0 Å². The Kier molecular flexibility index (Phi) is 6.89. The summed E-state index contributed by atoms with van der Waals surface area (Å²) in [7, 11) is 1.62. The van der Waals surface area contributed by atoms with E-state index in [0.717, 1.165) is 11.3 Å². The van der Waals surface area contributed by atoms with Crippen LogP contribution in [0.4, 0.5) is 0 Å². The molecule has 1 aromatic carbocycles. The van der Waals surface area contributed by atoms with Gasteiger partial charge in [-0.25, -0.2) is 4.79 Å². The maximum atomic E-state index is 12.0. The molecule has 2 N–H and O–H groups in total. The van der Waals surface area contributed by atoms with Crippen LogP contribution in [-0.2, 0) is 16.0 Å². The fraction of sp³-hybridized carbons (Fsp3) is 0.529. The molecule has 0 bridgehead atoms. The Labute approximate surface area is 131 Å². The van der Waals surface area contributed by atoms with Crippen molar-refractivity contribution in [1.29, 1.82) is 0 Å². The molecule has 122 valence electrons. The van der Waals surface area contributed by atoms with Gasteiger partial charge in [0.25, 0.3) is 0 Å². The van der Waals surface area contributed by atoms with Gasteiger partial charge >= 0.3 is 5.97 Å². The second kappa shape index (κ2) is 8.41. The predicted molar refractivity (Wildman–Crippen MR) is 84.9 cm³/mol. The highest BCUT2D eigenvalue weighted by molar-refractivity contribution is 5.83. The Balaban J connectivity index is 2.59. The van der Waals surface area contributed by atoms with Crippen LogP contribution in [0.5, 0.6) is 5.75 Å². The van der Waals surface area contributed by atoms with E-state index in [0.29, 0.717) is 6.42 Å². The number of hydrogen-bond donors (Lipinski definition) is 2. The van der Waals surface area contributed by atoms with Crippen LogP contribution >= 0.6 is 0 Å². The van der Waals surface area contributed by atoms with Gasteiger partial charge in [0.1, 0.15) is 11.8 Å². The normalized spacial score (nSPS) is 13.5. The first-order valence-electron chi connectivity index (χ1n) is 7.49. The van der Waals surface area contributed by atoms with Crippen molar-refractivity contribution < 1.29 is 19.4 Å². The lowest BCUT2D eigenvalue weighted by atomic mass is 9.96. The third kappa shape index (κ3) is 5.39. The van der Waals surface area contributed by atoms with Crippen LogP contribution in [0, 0.1) is 11.8 Å². The largest absolute Gasteiger partial charge is 0.496 e. The van der Waals surface area contributed by atoms with Gasteiger partial charge in [0.15, 0.2) is 0 Å². The van der Waals surface area contributed by atoms with E-state index < -0.39 is 12.0 Å². The summed E-state index contributed by atoms with van der Waals surface area (Å²) in [6.45, 7) is 5.52. The molecule has 2 atom stereocenters. The second-order valence-corrected chi connectivity index (χ2v) is 5.95. The van der Waals surface area contributed by atoms with Crippen LogP contribution in [0.15, 0.2) is 24.3 Å². The van der Waals surface area contributed by atoms with Gasteiger partial charge in [-0.05, 0) is 29.9 Å². The molecular weight excluding hydrogens is 282 g/mol. The van der Waals surface area contributed by atoms with Crippen LogP contribution in [0.1, 0.15) is 32.8 Å². The highest BCUT2D eigenvalue weighted by Gasteiger charge is 2.24. The van der Waals surface area contributed by atoms with E-state index in [9.17, 15) is 9.59 Å². The van der Waals surface area contributed by atoms with Gasteiger partial charge < -0.3 is 15.2 Å². The number of rotatable bonds is 8. The first-order chi connectivity index (χ1) is 10.3. The van der Waals surface area contributed by atoms with Gasteiger partial charge in [-0.3, -0.25) is 4.79 Å². The van der Waals surface area contributed by atoms with Gasteiger partial charge in [0.2, 0.25) is 5.91 Å². The van der Waals surface area contributed by atoms with Crippen molar-refractivity contribution in [3.05, 3.63) is 29.8 Å². The van der Waals surface area contributed by atoms with Gasteiger partial charge in [-0.2, -0.15) is 0 Å². The first-order valence-corrected chi connectivity index (χ1v) is 7.49. The van der Waals surface area contributed by atoms with Crippen molar-refractivity contribution in [2.24, 2.45) is 11.8 Å². The van der Waals surface area contributed by atoms with Gasteiger partial charge in [-0.15, -0.1) is 0 Å². The molecule has 0 aliphatic rings. The third-order valence-corrected chi connectivity index (χ3v) is 3.54. The van der Waals surface area contributed by atoms with Crippen molar-refractivity contribution in [3.63, 3.8) is 0 Å². The fourth-order valence-electron chi connectivity index (χ4n) is 2.38. The van der Waals surface area contributed by atoms with Crippen LogP contribution in [-0.4, -0.2) is 30.1 Å². The van der Waals surface area contributed by atoms with E-state index in [2.05, 4.69) is 5.32 Å². The molecule has 0 spiro atoms. The number of methoxy groups -OCH3 is 1. The fourth-order valence-corrected chi connectivity index (χ4v) is 2.38. The molecule has 1 amide bonds. The number of nitrogens with one attached hydrogen (secondary N) is 1. The smallest absolute Gasteiger partial charge is 0.326 e. The topological polar surface area (TPSA) is 75.6 Å². The van der Waals surface area contributed by atoms with E-state index in [4.69, 9.17) is 9.84 Å². The van der Waals surface area contributed by atoms with Gasteiger partial charge in [0.05, 0.1) is 7.11 Å². The Hall–Kier alpha value is -2.04. The molecule has 0 radical (unpaired) electrons. The lowest BCUT2D eigenvalue weighted by Gasteiger charge is -2.19. The monoisotopic (exact) mass is 307 g/mol. The molecular formula is C17H25NO4. The molecule has 0 aliphatic carbocycles. The average molecular weight is 307 g/mol. The molecule has 1 rings (SSSR count). The number of para-hydroxylation sites is 1. The van der Waals surface area contributed by atoms with Crippen LogP contribution < -0.4 is 10.1 Å². The van der Waals surface area contributed by atoms with Crippen molar-refractivity contribution in [3.8, 4) is 5.75 Å². The third-order valence-electron chi connectivity index (χ3n) is 3.54. The quantitative estimate of drug-likeness (QED) is 0.773. The van der Waals surface area contributed by atoms with Crippen molar-refractivity contribution in [2.75, 3.05) is 7.11 Å². The van der Waals surface area contributed by atoms with Crippen LogP contribution in [0.25, 0.3) is 0 Å². The molecule has 1 unspecified atom stereocenters. The minimum Gasteiger partial charge on any atom is -0.496 e. The number of carbonyl (C=O) groups excluding carboxylic acids is 1. The zero-order valence-electron chi connectivity index (χ0n) is 13.6. The Morgan fingerprint density at radius 1 is 1.23 bits per heavy atom. The minimum atomic E-state index is -0.999. The standard InChI is InChI=1S/C17H25NO4/c1-11(2)16(17(20)21)18-15(19)10-12(3)9-13-7-5-6-8-14(13)22-4/h5-8,11-12,16H,9-10H2,1-4H3,(H,18,19)(H,20,21)/t12?,16-/m0/s1. The maximum Gasteiger partial charge on any atom is 0.326 e. The number of ether oxygens (including phenoxy) is 1. The SMILES string of the molecule is COc1ccccc1CC(C)CC(=O)N[C@H](C(=O)O)C(C)C. The highest BCUT2D eigenvalue weighted by Crippen LogP contribution is 2.22. The molecule has 1 aromatic rings. The van der Waals surface area contributed by atoms with Crippen LogP contribution in [0.2, 0.25) is 0 Å². The van der Waals surface area contributed by atoms with E-state index in [1.807, 2.05) is 31.2 Å². The second-order valence-electron chi connectivity index (χ2n) is 5.95. The molecule has 5 nitrogen and oxygen atoms in total. The molecule has 0 saturated heterocycles. The zero-order chi connectivity index (χ0) is 16.7. The Morgan fingerprint density at radius 2 is 1.86 bits per heavy atom. The number of aliphatic carboxylic acids is 1. The maximum absolute atomic E-state index is 12.0. The number of hydrogen-bond acceptors (Lipinski definition) is 3. The minimum absolute atomic E-state index is 0.0953. The van der Waals surface area contributed by atoms with Gasteiger partial charge in [0, 0.05) is 6.42 Å². The lowest BCUT2D eigenvalue weighted by molar-refractivity contribution is -0.143. The molecule has 5 heteroatoms. The molecule has 0 heterocycles. The summed E-state index contributed by atoms with van der Waals surface area (Å²) in [5.74, 6) is -0.478. The predicted octanol–water partition coefficient (Wildman–Crippen LogP) is 2.49. The van der Waals surface area contributed by atoms with Crippen molar-refractivity contribution in [2.45, 2.75) is 39.7 Å². The summed E-state index contributed by atoms with van der Waals surface area (Å²) >= 11 is 0. The summed E-state index contributed by atoms with van der Waals surface area (Å²) in [6, 6.07) is 6.86. The summed E-state index contributed by atoms with van der Waals surface area (Å²) in [5.41, 5.74) is 1.05. The lowest BCUT2D eigenvalue weighted by Crippen LogP contribution is -2.44. The van der Waals surface area contributed by atoms with E-state index in [1.165, 1.54) is 0 Å². The van der Waals surface area contributed by atoms with E-state index >= 15 is 0 Å². The number of carboxylic acid groups (broad SMARTS) is 1. The molecule has 0 fully saturated rings. The first kappa shape index (κ1) is 18.0. The molecule has 0 aliphatic heterocycles. The molecule has 22 heavy (non-hydrogen) atoms. The Morgan fingerprint density at radius 3 is 2.41 bits per heavy atom. The Bertz CT molecular complexity index is 513. The molecule has 0 saturated carbocycles. The average Bonchev–Trinajstić information content (AvgIpc) is 2.44. The summed E-state index contributed by atoms with van der Waals surface area (Å²) < 4.78 is 5.30. The molecule has 0 aromatic heterocycles. The highest BCUT2D eigenvalue weighted by atomic mass is 16.5. The number of benzene rings is 1. The summed E-state index contributed by atoms with van der Waals surface area (Å²) in [6.07, 6.45) is 0.991.